The number of halogens is 1. The maximum Gasteiger partial charge on any atom is 0.187 e. The second-order valence-corrected chi connectivity index (χ2v) is 8.09. The van der Waals surface area contributed by atoms with Gasteiger partial charge in [-0.3, -0.25) is 0 Å². The summed E-state index contributed by atoms with van der Waals surface area (Å²) in [4.78, 5) is 18.4. The molecule has 1 aliphatic heterocycles. The van der Waals surface area contributed by atoms with Gasteiger partial charge >= 0.3 is 0 Å². The summed E-state index contributed by atoms with van der Waals surface area (Å²) in [7, 11) is 0. The number of nitrogens with one attached hydrogen (secondary N) is 1. The smallest absolute Gasteiger partial charge is 0.187 e. The van der Waals surface area contributed by atoms with E-state index >= 15 is 0 Å². The Bertz CT molecular complexity index is 1190. The van der Waals surface area contributed by atoms with Gasteiger partial charge in [0.1, 0.15) is 17.5 Å². The summed E-state index contributed by atoms with van der Waals surface area (Å²) in [6.45, 7) is 0.733. The van der Waals surface area contributed by atoms with Gasteiger partial charge in [-0.15, -0.1) is 0 Å². The van der Waals surface area contributed by atoms with Crippen LogP contribution in [0.15, 0.2) is 66.1 Å². The fourth-order valence-electron chi connectivity index (χ4n) is 3.98. The molecule has 1 atom stereocenters. The molecule has 0 saturated heterocycles. The molecule has 1 N–H and O–H groups in total. The van der Waals surface area contributed by atoms with E-state index in [-0.39, 0.29) is 11.9 Å². The lowest BCUT2D eigenvalue weighted by molar-refractivity contribution is 0.557. The number of hydrogen-bond donors (Lipinski definition) is 1. The van der Waals surface area contributed by atoms with Crippen LogP contribution in [0.5, 0.6) is 0 Å². The topological polar surface area (TPSA) is 68.5 Å². The van der Waals surface area contributed by atoms with Gasteiger partial charge in [-0.1, -0.05) is 17.8 Å². The number of fused-ring (bicyclic) bond motifs is 1. The van der Waals surface area contributed by atoms with Gasteiger partial charge in [-0.05, 0) is 55.1 Å². The molecule has 0 fully saturated rings. The maximum absolute atomic E-state index is 13.5. The van der Waals surface area contributed by atoms with Crippen LogP contribution in [-0.4, -0.2) is 37.3 Å². The van der Waals surface area contributed by atoms with Crippen molar-refractivity contribution in [2.75, 3.05) is 18.1 Å². The molecule has 4 heterocycles. The molecule has 31 heavy (non-hydrogen) atoms. The number of anilines is 1. The monoisotopic (exact) mass is 432 g/mol. The van der Waals surface area contributed by atoms with Crippen molar-refractivity contribution in [3.63, 3.8) is 0 Å². The van der Waals surface area contributed by atoms with Crippen LogP contribution in [0.1, 0.15) is 18.3 Å². The first-order chi connectivity index (χ1) is 15.2. The summed E-state index contributed by atoms with van der Waals surface area (Å²) in [6, 6.07) is 14.4. The standard InChI is InChI=1S/C23H21FN6S/c1-31-23-26-13-11-18(28-23)22-21(15-5-7-16(24)8-6-15)29-20-10-9-17(30(20)22)14-27-19-4-2-3-12-25-19/h2-8,11-13,17H,9-10,14H2,1H3,(H,25,27). The Morgan fingerprint density at radius 2 is 1.94 bits per heavy atom. The van der Waals surface area contributed by atoms with Crippen LogP contribution in [0, 0.1) is 5.82 Å². The van der Waals surface area contributed by atoms with Gasteiger partial charge in [0, 0.05) is 30.9 Å². The summed E-state index contributed by atoms with van der Waals surface area (Å²) in [5.41, 5.74) is 3.47. The molecule has 0 saturated carbocycles. The molecule has 8 heteroatoms. The van der Waals surface area contributed by atoms with Gasteiger partial charge in [0.2, 0.25) is 0 Å². The fraction of sp³-hybridized carbons (Fsp3) is 0.217. The van der Waals surface area contributed by atoms with Crippen molar-refractivity contribution >= 4 is 17.6 Å². The van der Waals surface area contributed by atoms with E-state index in [0.717, 1.165) is 53.7 Å². The zero-order chi connectivity index (χ0) is 21.2. The minimum atomic E-state index is -0.263. The third-order valence-corrected chi connectivity index (χ3v) is 5.97. The first-order valence-corrected chi connectivity index (χ1v) is 11.3. The van der Waals surface area contributed by atoms with E-state index in [0.29, 0.717) is 5.16 Å². The maximum atomic E-state index is 13.5. The lowest BCUT2D eigenvalue weighted by Crippen LogP contribution is -2.17. The van der Waals surface area contributed by atoms with Crippen molar-refractivity contribution in [1.29, 1.82) is 0 Å². The number of aromatic nitrogens is 5. The zero-order valence-electron chi connectivity index (χ0n) is 17.0. The lowest BCUT2D eigenvalue weighted by atomic mass is 10.1. The largest absolute Gasteiger partial charge is 0.368 e. The molecule has 0 spiro atoms. The van der Waals surface area contributed by atoms with Crippen molar-refractivity contribution in [2.45, 2.75) is 24.0 Å². The van der Waals surface area contributed by atoms with E-state index in [9.17, 15) is 4.39 Å². The molecule has 1 aromatic carbocycles. The van der Waals surface area contributed by atoms with Crippen molar-refractivity contribution in [2.24, 2.45) is 0 Å². The Kier molecular flexibility index (Phi) is 5.38. The van der Waals surface area contributed by atoms with Crippen LogP contribution in [0.25, 0.3) is 22.6 Å². The number of rotatable bonds is 6. The number of benzene rings is 1. The van der Waals surface area contributed by atoms with Gasteiger partial charge in [0.05, 0.1) is 23.1 Å². The Morgan fingerprint density at radius 1 is 1.06 bits per heavy atom. The van der Waals surface area contributed by atoms with Crippen molar-refractivity contribution in [3.8, 4) is 22.6 Å². The Hall–Kier alpha value is -3.26. The van der Waals surface area contributed by atoms with E-state index in [1.165, 1.54) is 23.9 Å². The molecule has 0 amide bonds. The highest BCUT2D eigenvalue weighted by molar-refractivity contribution is 7.98. The van der Waals surface area contributed by atoms with Gasteiger partial charge in [0.15, 0.2) is 5.16 Å². The van der Waals surface area contributed by atoms with E-state index in [1.807, 2.05) is 30.5 Å². The van der Waals surface area contributed by atoms with Crippen LogP contribution in [0.3, 0.4) is 0 Å². The molecule has 1 unspecified atom stereocenters. The zero-order valence-corrected chi connectivity index (χ0v) is 17.8. The van der Waals surface area contributed by atoms with E-state index in [4.69, 9.17) is 9.97 Å². The highest BCUT2D eigenvalue weighted by atomic mass is 32.2. The normalized spacial score (nSPS) is 15.1. The van der Waals surface area contributed by atoms with E-state index in [2.05, 4.69) is 19.9 Å². The summed E-state index contributed by atoms with van der Waals surface area (Å²) < 4.78 is 15.8. The fourth-order valence-corrected chi connectivity index (χ4v) is 4.34. The van der Waals surface area contributed by atoms with Gasteiger partial charge in [0.25, 0.3) is 0 Å². The third kappa shape index (κ3) is 3.90. The third-order valence-electron chi connectivity index (χ3n) is 5.41. The number of imidazole rings is 1. The molecule has 0 aliphatic carbocycles. The highest BCUT2D eigenvalue weighted by Gasteiger charge is 2.30. The number of thioether (sulfide) groups is 1. The molecule has 4 aromatic rings. The average Bonchev–Trinajstić information content (AvgIpc) is 3.38. The van der Waals surface area contributed by atoms with Crippen molar-refractivity contribution in [3.05, 3.63) is 72.6 Å². The molecular weight excluding hydrogens is 411 g/mol. The quantitative estimate of drug-likeness (QED) is 0.347. The predicted molar refractivity (Wildman–Crippen MR) is 121 cm³/mol. The first-order valence-electron chi connectivity index (χ1n) is 10.1. The Morgan fingerprint density at radius 3 is 2.71 bits per heavy atom. The number of nitrogens with zero attached hydrogens (tertiary/aromatic N) is 5. The number of pyridine rings is 1. The first kappa shape index (κ1) is 19.7. The second-order valence-electron chi connectivity index (χ2n) is 7.32. The van der Waals surface area contributed by atoms with Gasteiger partial charge in [-0.25, -0.2) is 24.3 Å². The number of hydrogen-bond acceptors (Lipinski definition) is 6. The van der Waals surface area contributed by atoms with Crippen LogP contribution in [0.4, 0.5) is 10.2 Å². The Balaban J connectivity index is 1.58. The summed E-state index contributed by atoms with van der Waals surface area (Å²) in [5, 5.41) is 4.15. The van der Waals surface area contributed by atoms with Crippen molar-refractivity contribution in [1.82, 2.24) is 24.5 Å². The van der Waals surface area contributed by atoms with Crippen LogP contribution >= 0.6 is 11.8 Å². The SMILES string of the molecule is CSc1nccc(-c2c(-c3ccc(F)cc3)nc3n2C(CNc2ccccn2)CC3)n1. The van der Waals surface area contributed by atoms with E-state index in [1.54, 1.807) is 24.5 Å². The summed E-state index contributed by atoms with van der Waals surface area (Å²) >= 11 is 1.50. The molecule has 5 rings (SSSR count). The predicted octanol–water partition coefficient (Wildman–Crippen LogP) is 4.86. The highest BCUT2D eigenvalue weighted by Crippen LogP contribution is 2.39. The van der Waals surface area contributed by atoms with Crippen LogP contribution in [-0.2, 0) is 6.42 Å². The molecule has 0 bridgehead atoms. The van der Waals surface area contributed by atoms with E-state index < -0.39 is 0 Å². The lowest BCUT2D eigenvalue weighted by Gasteiger charge is -2.18. The summed E-state index contributed by atoms with van der Waals surface area (Å²) in [5.74, 6) is 1.61. The molecule has 3 aromatic heterocycles. The molecule has 0 radical (unpaired) electrons. The minimum absolute atomic E-state index is 0.210. The van der Waals surface area contributed by atoms with Crippen LogP contribution < -0.4 is 5.32 Å². The number of aryl methyl sites for hydroxylation is 1. The van der Waals surface area contributed by atoms with Gasteiger partial charge in [-0.2, -0.15) is 0 Å². The minimum Gasteiger partial charge on any atom is -0.368 e. The van der Waals surface area contributed by atoms with Crippen molar-refractivity contribution < 1.29 is 4.39 Å². The second kappa shape index (κ2) is 8.47. The van der Waals surface area contributed by atoms with Gasteiger partial charge < -0.3 is 9.88 Å². The average molecular weight is 433 g/mol. The molecular formula is C23H21FN6S. The molecule has 156 valence electrons. The Labute approximate surface area is 184 Å². The summed E-state index contributed by atoms with van der Waals surface area (Å²) in [6.07, 6.45) is 7.38. The van der Waals surface area contributed by atoms with Crippen LogP contribution in [0.2, 0.25) is 0 Å². The molecule has 1 aliphatic rings. The molecule has 6 nitrogen and oxygen atoms in total.